The molecule has 1 heterocycles. The highest BCUT2D eigenvalue weighted by atomic mass is 16.5. The van der Waals surface area contributed by atoms with Gasteiger partial charge in [0.1, 0.15) is 11.9 Å². The summed E-state index contributed by atoms with van der Waals surface area (Å²) >= 11 is 0. The molecule has 0 aromatic rings. The van der Waals surface area contributed by atoms with Crippen LogP contribution in [-0.2, 0) is 19.1 Å². The summed E-state index contributed by atoms with van der Waals surface area (Å²) in [5, 5.41) is 0. The molecule has 6 heteroatoms. The second-order valence-corrected chi connectivity index (χ2v) is 13.5. The Morgan fingerprint density at radius 1 is 0.721 bits per heavy atom. The summed E-state index contributed by atoms with van der Waals surface area (Å²) < 4.78 is 12.0. The molecule has 0 bridgehead atoms. The number of nitrogens with zero attached hydrogens (tertiary/aromatic N) is 1. The van der Waals surface area contributed by atoms with E-state index in [1.165, 1.54) is 77.0 Å². The van der Waals surface area contributed by atoms with Gasteiger partial charge in [0.25, 0.3) is 0 Å². The molecule has 0 aromatic carbocycles. The van der Waals surface area contributed by atoms with Gasteiger partial charge in [-0.2, -0.15) is 0 Å². The predicted molar refractivity (Wildman–Crippen MR) is 181 cm³/mol. The summed E-state index contributed by atoms with van der Waals surface area (Å²) in [6, 6.07) is 0.679. The van der Waals surface area contributed by atoms with Crippen LogP contribution in [0, 0.1) is 0 Å². The number of esters is 1. The van der Waals surface area contributed by atoms with Crippen molar-refractivity contribution >= 4 is 11.8 Å². The van der Waals surface area contributed by atoms with E-state index in [0.29, 0.717) is 24.7 Å². The highest BCUT2D eigenvalue weighted by Gasteiger charge is 2.29. The van der Waals surface area contributed by atoms with Crippen LogP contribution < -0.4 is 5.73 Å². The number of hydrogen-bond acceptors (Lipinski definition) is 6. The third kappa shape index (κ3) is 24.0. The van der Waals surface area contributed by atoms with Crippen LogP contribution in [0.2, 0.25) is 0 Å². The van der Waals surface area contributed by atoms with Crippen LogP contribution in [0.3, 0.4) is 0 Å². The second kappa shape index (κ2) is 28.5. The summed E-state index contributed by atoms with van der Waals surface area (Å²) in [5.41, 5.74) is 6.24. The third-order valence-corrected chi connectivity index (χ3v) is 9.07. The summed E-state index contributed by atoms with van der Waals surface area (Å²) in [4.78, 5) is 26.2. The molecule has 0 aromatic heterocycles. The number of Topliss-reactive ketones (excluding diaryl/α,β-unsaturated/α-hetero) is 1. The Kier molecular flexibility index (Phi) is 26.5. The van der Waals surface area contributed by atoms with Gasteiger partial charge in [0.15, 0.2) is 0 Å². The van der Waals surface area contributed by atoms with Gasteiger partial charge in [-0.15, -0.1) is 0 Å². The minimum absolute atomic E-state index is 0.0171. The molecule has 6 nitrogen and oxygen atoms in total. The lowest BCUT2D eigenvalue weighted by Crippen LogP contribution is -2.34. The lowest BCUT2D eigenvalue weighted by molar-refractivity contribution is -0.150. The third-order valence-electron chi connectivity index (χ3n) is 9.07. The van der Waals surface area contributed by atoms with Crippen LogP contribution in [-0.4, -0.2) is 61.1 Å². The van der Waals surface area contributed by atoms with E-state index in [1.807, 2.05) is 0 Å². The number of ketones is 1. The summed E-state index contributed by atoms with van der Waals surface area (Å²) in [6.07, 6.45) is 28.6. The second-order valence-electron chi connectivity index (χ2n) is 13.5. The van der Waals surface area contributed by atoms with Gasteiger partial charge in [-0.25, -0.2) is 0 Å². The highest BCUT2D eigenvalue weighted by molar-refractivity contribution is 5.75. The molecule has 0 spiro atoms. The average Bonchev–Trinajstić information content (AvgIpc) is 3.33. The van der Waals surface area contributed by atoms with E-state index in [2.05, 4.69) is 18.7 Å². The van der Waals surface area contributed by atoms with Gasteiger partial charge in [-0.05, 0) is 71.3 Å². The zero-order chi connectivity index (χ0) is 31.4. The van der Waals surface area contributed by atoms with Gasteiger partial charge in [-0.3, -0.25) is 9.69 Å². The first-order chi connectivity index (χ1) is 21.0. The van der Waals surface area contributed by atoms with E-state index >= 15 is 0 Å². The number of unbranched alkanes of at least 4 members (excludes halogenated alkanes) is 16. The van der Waals surface area contributed by atoms with Gasteiger partial charge in [0.2, 0.25) is 0 Å². The monoisotopic (exact) mass is 609 g/mol. The van der Waals surface area contributed by atoms with E-state index in [9.17, 15) is 9.59 Å². The molecule has 1 saturated heterocycles. The molecule has 1 aliphatic heterocycles. The average molecular weight is 609 g/mol. The molecule has 0 saturated carbocycles. The fourth-order valence-corrected chi connectivity index (χ4v) is 6.37. The predicted octanol–water partition coefficient (Wildman–Crippen LogP) is 9.31. The lowest BCUT2D eigenvalue weighted by Gasteiger charge is -2.24. The van der Waals surface area contributed by atoms with Crippen LogP contribution in [0.15, 0.2) is 0 Å². The Labute approximate surface area is 267 Å². The van der Waals surface area contributed by atoms with Crippen LogP contribution in [0.25, 0.3) is 0 Å². The van der Waals surface area contributed by atoms with Crippen molar-refractivity contribution < 1.29 is 19.1 Å². The van der Waals surface area contributed by atoms with Crippen LogP contribution in [0.1, 0.15) is 181 Å². The highest BCUT2D eigenvalue weighted by Crippen LogP contribution is 2.20. The molecule has 43 heavy (non-hydrogen) atoms. The van der Waals surface area contributed by atoms with Crippen molar-refractivity contribution in [3.8, 4) is 0 Å². The summed E-state index contributed by atoms with van der Waals surface area (Å²) in [6.45, 7) is 9.79. The van der Waals surface area contributed by atoms with E-state index in [1.54, 1.807) is 6.92 Å². The Morgan fingerprint density at radius 2 is 1.26 bits per heavy atom. The smallest absolute Gasteiger partial charge is 0.306 e. The van der Waals surface area contributed by atoms with Gasteiger partial charge in [-0.1, -0.05) is 104 Å². The number of carbonyl (C=O) groups is 2. The number of ether oxygens (including phenoxy) is 2. The zero-order valence-electron chi connectivity index (χ0n) is 28.9. The normalized spacial score (nSPS) is 17.2. The van der Waals surface area contributed by atoms with E-state index in [0.717, 1.165) is 96.9 Å². The lowest BCUT2D eigenvalue weighted by atomic mass is 10.0. The van der Waals surface area contributed by atoms with Crippen molar-refractivity contribution in [3.05, 3.63) is 0 Å². The molecular weight excluding hydrogens is 536 g/mol. The van der Waals surface area contributed by atoms with E-state index in [4.69, 9.17) is 15.2 Å². The van der Waals surface area contributed by atoms with Crippen molar-refractivity contribution in [2.45, 2.75) is 199 Å². The number of rotatable bonds is 31. The molecule has 254 valence electrons. The van der Waals surface area contributed by atoms with Gasteiger partial charge < -0.3 is 20.0 Å². The maximum absolute atomic E-state index is 12.6. The van der Waals surface area contributed by atoms with Gasteiger partial charge in [0.05, 0.1) is 6.61 Å². The number of carbonyl (C=O) groups excluding carboxylic acids is 2. The fraction of sp³-hybridized carbons (Fsp3) is 0.946. The minimum atomic E-state index is 0.0171. The summed E-state index contributed by atoms with van der Waals surface area (Å²) in [7, 11) is 0. The molecule has 0 amide bonds. The first-order valence-electron chi connectivity index (χ1n) is 18.7. The molecule has 0 radical (unpaired) electrons. The van der Waals surface area contributed by atoms with Crippen molar-refractivity contribution in [2.24, 2.45) is 5.73 Å². The quantitative estimate of drug-likeness (QED) is 0.0624. The molecule has 1 rings (SSSR count). The zero-order valence-corrected chi connectivity index (χ0v) is 28.9. The van der Waals surface area contributed by atoms with Crippen molar-refractivity contribution in [2.75, 3.05) is 26.3 Å². The maximum atomic E-state index is 12.6. The molecule has 2 atom stereocenters. The number of likely N-dealkylation sites (tertiary alicyclic amines) is 1. The topological polar surface area (TPSA) is 81.9 Å². The van der Waals surface area contributed by atoms with Crippen LogP contribution in [0.4, 0.5) is 0 Å². The summed E-state index contributed by atoms with van der Waals surface area (Å²) in [5.74, 6) is 0.307. The Balaban J connectivity index is 2.12. The molecule has 1 fully saturated rings. The molecule has 1 aliphatic rings. The largest absolute Gasteiger partial charge is 0.462 e. The fourth-order valence-electron chi connectivity index (χ4n) is 6.37. The number of hydrogen-bond donors (Lipinski definition) is 1. The van der Waals surface area contributed by atoms with Crippen LogP contribution in [0.5, 0.6) is 0 Å². The van der Waals surface area contributed by atoms with Gasteiger partial charge >= 0.3 is 5.97 Å². The molecular formula is C37H72N2O4. The van der Waals surface area contributed by atoms with Crippen molar-refractivity contribution in [1.82, 2.24) is 4.90 Å². The standard InChI is InChI=1S/C37H72N2O4/c1-4-6-8-10-13-19-25-36(26-20-14-11-9-7-5-2)43-37(41)27-21-15-12-16-23-29-42-32-35-30-34(38)31-39(35)28-22-17-18-24-33(3)40/h34-36H,4-32,38H2,1-3H3/t34-,35-/m0/s1. The van der Waals surface area contributed by atoms with Crippen molar-refractivity contribution in [1.29, 1.82) is 0 Å². The van der Waals surface area contributed by atoms with Crippen LogP contribution >= 0.6 is 0 Å². The SMILES string of the molecule is CCCCCCCCC(CCCCCCCC)OC(=O)CCCCCCCOC[C@@H]1C[C@H](N)CN1CCCCCC(C)=O. The minimum Gasteiger partial charge on any atom is -0.462 e. The van der Waals surface area contributed by atoms with Crippen molar-refractivity contribution in [3.63, 3.8) is 0 Å². The first-order valence-corrected chi connectivity index (χ1v) is 18.7. The van der Waals surface area contributed by atoms with E-state index in [-0.39, 0.29) is 18.1 Å². The first kappa shape index (κ1) is 40.0. The Hall–Kier alpha value is -0.980. The maximum Gasteiger partial charge on any atom is 0.306 e. The van der Waals surface area contributed by atoms with E-state index < -0.39 is 0 Å². The Bertz CT molecular complexity index is 643. The molecule has 0 unspecified atom stereocenters. The number of nitrogens with two attached hydrogens (primary N) is 1. The molecule has 2 N–H and O–H groups in total. The Morgan fingerprint density at radius 3 is 1.88 bits per heavy atom. The molecule has 0 aliphatic carbocycles. The van der Waals surface area contributed by atoms with Gasteiger partial charge in [0, 0.05) is 38.1 Å².